The lowest BCUT2D eigenvalue weighted by Gasteiger charge is -2.45. The molecule has 0 spiro atoms. The number of benzene rings is 1. The van der Waals surface area contributed by atoms with Gasteiger partial charge in [0.05, 0.1) is 12.2 Å². The predicted molar refractivity (Wildman–Crippen MR) is 152 cm³/mol. The van der Waals surface area contributed by atoms with E-state index in [-0.39, 0.29) is 28.6 Å². The van der Waals surface area contributed by atoms with Gasteiger partial charge in [-0.15, -0.1) is 0 Å². The van der Waals surface area contributed by atoms with E-state index in [1.165, 1.54) is 5.56 Å². The Labute approximate surface area is 221 Å². The second-order valence-electron chi connectivity index (χ2n) is 13.6. The third kappa shape index (κ3) is 6.06. The number of nitrogens with zero attached hydrogens (tertiary/aromatic N) is 1. The molecule has 0 unspecified atom stereocenters. The van der Waals surface area contributed by atoms with Crippen molar-refractivity contribution in [3.63, 3.8) is 0 Å². The zero-order chi connectivity index (χ0) is 27.2. The average molecular weight is 512 g/mol. The highest BCUT2D eigenvalue weighted by molar-refractivity contribution is 6.74. The molecule has 1 N–H and O–H groups in total. The Morgan fingerprint density at radius 3 is 2.14 bits per heavy atom. The maximum absolute atomic E-state index is 11.7. The zero-order valence-electron chi connectivity index (χ0n) is 24.7. The first-order chi connectivity index (χ1) is 16.4. The van der Waals surface area contributed by atoms with Gasteiger partial charge in [0.1, 0.15) is 11.9 Å². The third-order valence-electron chi connectivity index (χ3n) is 7.99. The van der Waals surface area contributed by atoms with Gasteiger partial charge in [0.2, 0.25) is 0 Å². The molecular weight excluding hydrogens is 462 g/mol. The molecule has 3 rings (SSSR count). The summed E-state index contributed by atoms with van der Waals surface area (Å²) in [4.78, 5) is 5.27. The van der Waals surface area contributed by atoms with Crippen LogP contribution in [0.15, 0.2) is 24.3 Å². The molecule has 0 saturated heterocycles. The van der Waals surface area contributed by atoms with E-state index >= 15 is 0 Å². The van der Waals surface area contributed by atoms with Gasteiger partial charge in [-0.2, -0.15) is 0 Å². The fourth-order valence-electron chi connectivity index (χ4n) is 5.10. The molecule has 0 fully saturated rings. The summed E-state index contributed by atoms with van der Waals surface area (Å²) in [6, 6.07) is 7.83. The molecule has 200 valence electrons. The van der Waals surface area contributed by atoms with Gasteiger partial charge in [-0.05, 0) is 86.3 Å². The molecule has 36 heavy (non-hydrogen) atoms. The van der Waals surface area contributed by atoms with Gasteiger partial charge >= 0.3 is 0 Å². The van der Waals surface area contributed by atoms with Crippen LogP contribution < -0.4 is 4.74 Å². The fraction of sp³-hybridized carbons (Fsp3) is 0.645. The zero-order valence-corrected chi connectivity index (χ0v) is 25.7. The number of aliphatic hydroxyl groups is 1. The van der Waals surface area contributed by atoms with E-state index in [4.69, 9.17) is 14.1 Å². The highest BCUT2D eigenvalue weighted by atomic mass is 28.4. The van der Waals surface area contributed by atoms with Gasteiger partial charge in [0.15, 0.2) is 8.32 Å². The number of hydrogen-bond donors (Lipinski definition) is 1. The first-order valence-electron chi connectivity index (χ1n) is 13.6. The maximum Gasteiger partial charge on any atom is 0.192 e. The molecule has 5 heteroatoms. The van der Waals surface area contributed by atoms with E-state index in [0.29, 0.717) is 0 Å². The first-order valence-corrected chi connectivity index (χ1v) is 16.5. The van der Waals surface area contributed by atoms with Crippen LogP contribution in [0.5, 0.6) is 5.75 Å². The lowest BCUT2D eigenvalue weighted by atomic mass is 9.72. The van der Waals surface area contributed by atoms with E-state index in [0.717, 1.165) is 46.7 Å². The van der Waals surface area contributed by atoms with Crippen molar-refractivity contribution in [3.8, 4) is 5.75 Å². The third-order valence-corrected chi connectivity index (χ3v) is 12.5. The van der Waals surface area contributed by atoms with Crippen LogP contribution in [-0.2, 0) is 10.8 Å². The largest absolute Gasteiger partial charge is 0.491 e. The van der Waals surface area contributed by atoms with Gasteiger partial charge < -0.3 is 14.3 Å². The number of pyridine rings is 1. The summed E-state index contributed by atoms with van der Waals surface area (Å²) < 4.78 is 12.9. The number of rotatable bonds is 7. The number of aliphatic hydroxyl groups excluding tert-OH is 1. The Hall–Kier alpha value is -1.69. The summed E-state index contributed by atoms with van der Waals surface area (Å²) in [5.41, 5.74) is 6.38. The molecule has 4 nitrogen and oxygen atoms in total. The molecule has 0 radical (unpaired) electrons. The van der Waals surface area contributed by atoms with Gasteiger partial charge in [-0.1, -0.05) is 60.6 Å². The van der Waals surface area contributed by atoms with Crippen LogP contribution in [0.1, 0.15) is 121 Å². The number of ether oxygens (including phenoxy) is 1. The summed E-state index contributed by atoms with van der Waals surface area (Å²) in [5, 5.41) is 11.8. The molecule has 2 aromatic rings. The van der Waals surface area contributed by atoms with Crippen molar-refractivity contribution in [1.82, 2.24) is 4.98 Å². The number of fused-ring (bicyclic) bond motifs is 1. The smallest absolute Gasteiger partial charge is 0.192 e. The second-order valence-corrected chi connectivity index (χ2v) is 18.4. The molecule has 1 aromatic carbocycles. The number of hydrogen-bond acceptors (Lipinski definition) is 4. The van der Waals surface area contributed by atoms with Gasteiger partial charge in [0.25, 0.3) is 0 Å². The fourth-order valence-corrected chi connectivity index (χ4v) is 6.36. The monoisotopic (exact) mass is 511 g/mol. The Morgan fingerprint density at radius 2 is 1.64 bits per heavy atom. The predicted octanol–water partition coefficient (Wildman–Crippen LogP) is 8.42. The van der Waals surface area contributed by atoms with E-state index < -0.39 is 14.4 Å². The molecule has 0 aliphatic heterocycles. The average Bonchev–Trinajstić information content (AvgIpc) is 2.70. The van der Waals surface area contributed by atoms with Crippen LogP contribution in [0, 0.1) is 12.3 Å². The van der Waals surface area contributed by atoms with Crippen molar-refractivity contribution >= 4 is 8.32 Å². The van der Waals surface area contributed by atoms with Crippen molar-refractivity contribution in [2.75, 3.05) is 0 Å². The van der Waals surface area contributed by atoms with Crippen LogP contribution in [-0.4, -0.2) is 24.5 Å². The standard InChI is InChI=1S/C31H49NO3Si/c1-19(2)28-27(29(33)22-13-15-23(16-14-22)34-20(3)4)21(5)26-24(32-28)17-31(9,10)18-25(26)35-36(11,12)30(6,7)8/h13-16,19-20,25,29,33H,17-18H2,1-12H3/t25-,29+/m0/s1. The van der Waals surface area contributed by atoms with Crippen LogP contribution >= 0.6 is 0 Å². The minimum absolute atomic E-state index is 0.00822. The lowest BCUT2D eigenvalue weighted by molar-refractivity contribution is 0.105. The van der Waals surface area contributed by atoms with Crippen LogP contribution in [0.3, 0.4) is 0 Å². The SMILES string of the molecule is Cc1c([C@H](O)c2ccc(OC(C)C)cc2)c(C(C)C)nc2c1[C@@H](O[Si](C)(C)C(C)(C)C)CC(C)(C)C2. The van der Waals surface area contributed by atoms with E-state index in [9.17, 15) is 5.11 Å². The second kappa shape index (κ2) is 10.2. The molecule has 0 amide bonds. The van der Waals surface area contributed by atoms with E-state index in [2.05, 4.69) is 68.5 Å². The quantitative estimate of drug-likeness (QED) is 0.379. The topological polar surface area (TPSA) is 51.6 Å². The van der Waals surface area contributed by atoms with Crippen LogP contribution in [0.25, 0.3) is 0 Å². The molecule has 1 heterocycles. The van der Waals surface area contributed by atoms with Gasteiger partial charge in [0, 0.05) is 22.5 Å². The lowest BCUT2D eigenvalue weighted by Crippen LogP contribution is -2.44. The molecule has 1 aliphatic carbocycles. The summed E-state index contributed by atoms with van der Waals surface area (Å²) in [5.74, 6) is 1.02. The maximum atomic E-state index is 11.7. The first kappa shape index (κ1) is 28.9. The van der Waals surface area contributed by atoms with Crippen LogP contribution in [0.2, 0.25) is 18.1 Å². The molecule has 1 aromatic heterocycles. The van der Waals surface area contributed by atoms with Crippen molar-refractivity contribution in [3.05, 3.63) is 57.9 Å². The molecule has 2 atom stereocenters. The molecular formula is C31H49NO3Si. The van der Waals surface area contributed by atoms with Crippen molar-refractivity contribution < 1.29 is 14.3 Å². The summed E-state index contributed by atoms with van der Waals surface area (Å²) in [6.45, 7) is 26.7. The molecule has 0 bridgehead atoms. The van der Waals surface area contributed by atoms with Gasteiger partial charge in [-0.3, -0.25) is 4.98 Å². The number of aromatic nitrogens is 1. The molecule has 1 aliphatic rings. The van der Waals surface area contributed by atoms with Crippen molar-refractivity contribution in [2.24, 2.45) is 5.41 Å². The van der Waals surface area contributed by atoms with Crippen LogP contribution in [0.4, 0.5) is 0 Å². The van der Waals surface area contributed by atoms with E-state index in [1.807, 2.05) is 38.1 Å². The summed E-state index contributed by atoms with van der Waals surface area (Å²) in [6.07, 6.45) is 1.25. The normalized spacial score (nSPS) is 18.9. The van der Waals surface area contributed by atoms with Gasteiger partial charge in [-0.25, -0.2) is 0 Å². The van der Waals surface area contributed by atoms with E-state index in [1.54, 1.807) is 0 Å². The summed E-state index contributed by atoms with van der Waals surface area (Å²) >= 11 is 0. The molecule has 0 saturated carbocycles. The Kier molecular flexibility index (Phi) is 8.20. The Bertz CT molecular complexity index is 1060. The Morgan fingerprint density at radius 1 is 1.06 bits per heavy atom. The Balaban J connectivity index is 2.14. The minimum atomic E-state index is -2.01. The minimum Gasteiger partial charge on any atom is -0.491 e. The highest BCUT2D eigenvalue weighted by Crippen LogP contribution is 2.49. The summed E-state index contributed by atoms with van der Waals surface area (Å²) in [7, 11) is -2.01. The van der Waals surface area contributed by atoms with Crippen molar-refractivity contribution in [2.45, 2.75) is 124 Å². The van der Waals surface area contributed by atoms with Crippen molar-refractivity contribution in [1.29, 1.82) is 0 Å². The highest BCUT2D eigenvalue weighted by Gasteiger charge is 2.44.